The standard InChI is InChI=1S/C14H21N3O/c1-11-8-12(10-15-9-11)17-14(18)13-6-4-2-3-5-7-16-13/h8-10,13,16H,2-7H2,1H3,(H,17,18). The zero-order chi connectivity index (χ0) is 12.8. The van der Waals surface area contributed by atoms with E-state index in [2.05, 4.69) is 15.6 Å². The van der Waals surface area contributed by atoms with Gasteiger partial charge in [0, 0.05) is 6.20 Å². The maximum Gasteiger partial charge on any atom is 0.241 e. The van der Waals surface area contributed by atoms with Crippen LogP contribution in [0.1, 0.15) is 37.7 Å². The molecule has 0 radical (unpaired) electrons. The first-order valence-corrected chi connectivity index (χ1v) is 6.71. The summed E-state index contributed by atoms with van der Waals surface area (Å²) in [5.74, 6) is 0.0595. The minimum Gasteiger partial charge on any atom is -0.323 e. The van der Waals surface area contributed by atoms with Gasteiger partial charge in [-0.25, -0.2) is 0 Å². The van der Waals surface area contributed by atoms with Crippen LogP contribution in [0.5, 0.6) is 0 Å². The Balaban J connectivity index is 1.93. The molecule has 1 atom stereocenters. The molecule has 4 nitrogen and oxygen atoms in total. The molecule has 0 saturated carbocycles. The molecule has 2 rings (SSSR count). The summed E-state index contributed by atoms with van der Waals surface area (Å²) in [7, 11) is 0. The van der Waals surface area contributed by atoms with Gasteiger partial charge in [0.1, 0.15) is 0 Å². The second-order valence-corrected chi connectivity index (χ2v) is 4.95. The van der Waals surface area contributed by atoms with E-state index in [1.54, 1.807) is 12.4 Å². The number of carbonyl (C=O) groups excluding carboxylic acids is 1. The van der Waals surface area contributed by atoms with Crippen molar-refractivity contribution in [1.82, 2.24) is 10.3 Å². The van der Waals surface area contributed by atoms with E-state index in [1.807, 2.05) is 13.0 Å². The lowest BCUT2D eigenvalue weighted by molar-refractivity contribution is -0.118. The van der Waals surface area contributed by atoms with Crippen molar-refractivity contribution in [3.8, 4) is 0 Å². The molecule has 1 aromatic rings. The summed E-state index contributed by atoms with van der Waals surface area (Å²) in [5.41, 5.74) is 1.84. The van der Waals surface area contributed by atoms with Crippen molar-refractivity contribution in [2.24, 2.45) is 0 Å². The Morgan fingerprint density at radius 2 is 2.17 bits per heavy atom. The molecule has 1 aliphatic rings. The lowest BCUT2D eigenvalue weighted by Gasteiger charge is -2.20. The number of nitrogens with zero attached hydrogens (tertiary/aromatic N) is 1. The lowest BCUT2D eigenvalue weighted by atomic mass is 10.0. The predicted molar refractivity (Wildman–Crippen MR) is 72.5 cm³/mol. The van der Waals surface area contributed by atoms with Crippen molar-refractivity contribution < 1.29 is 4.79 Å². The van der Waals surface area contributed by atoms with Crippen LogP contribution in [-0.4, -0.2) is 23.5 Å². The van der Waals surface area contributed by atoms with Crippen molar-refractivity contribution in [1.29, 1.82) is 0 Å². The van der Waals surface area contributed by atoms with Gasteiger partial charge in [0.25, 0.3) is 0 Å². The van der Waals surface area contributed by atoms with E-state index in [4.69, 9.17) is 0 Å². The molecule has 0 aromatic carbocycles. The number of rotatable bonds is 2. The molecular formula is C14H21N3O. The van der Waals surface area contributed by atoms with Gasteiger partial charge in [-0.3, -0.25) is 9.78 Å². The van der Waals surface area contributed by atoms with Crippen LogP contribution in [0.4, 0.5) is 5.69 Å². The van der Waals surface area contributed by atoms with E-state index in [0.717, 1.165) is 37.1 Å². The summed E-state index contributed by atoms with van der Waals surface area (Å²) in [6.45, 7) is 2.90. The second-order valence-electron chi connectivity index (χ2n) is 4.95. The number of hydrogen-bond donors (Lipinski definition) is 2. The van der Waals surface area contributed by atoms with Crippen LogP contribution in [-0.2, 0) is 4.79 Å². The lowest BCUT2D eigenvalue weighted by Crippen LogP contribution is -2.41. The van der Waals surface area contributed by atoms with Crippen LogP contribution in [0.2, 0.25) is 0 Å². The smallest absolute Gasteiger partial charge is 0.241 e. The first-order chi connectivity index (χ1) is 8.75. The molecule has 98 valence electrons. The predicted octanol–water partition coefficient (Wildman–Crippen LogP) is 2.25. The summed E-state index contributed by atoms with van der Waals surface area (Å²) in [5, 5.41) is 6.26. The fourth-order valence-corrected chi connectivity index (χ4v) is 2.28. The molecule has 4 heteroatoms. The largest absolute Gasteiger partial charge is 0.323 e. The molecule has 0 bridgehead atoms. The zero-order valence-electron chi connectivity index (χ0n) is 10.9. The molecule has 2 heterocycles. The number of aryl methyl sites for hydroxylation is 1. The normalized spacial score (nSPS) is 20.8. The van der Waals surface area contributed by atoms with E-state index in [1.165, 1.54) is 12.8 Å². The van der Waals surface area contributed by atoms with Gasteiger partial charge in [-0.1, -0.05) is 19.3 Å². The van der Waals surface area contributed by atoms with Crippen molar-refractivity contribution in [2.45, 2.75) is 45.1 Å². The number of amides is 1. The molecule has 18 heavy (non-hydrogen) atoms. The first-order valence-electron chi connectivity index (χ1n) is 6.71. The Morgan fingerprint density at radius 1 is 1.33 bits per heavy atom. The van der Waals surface area contributed by atoms with Crippen molar-refractivity contribution in [3.63, 3.8) is 0 Å². The maximum absolute atomic E-state index is 12.1. The highest BCUT2D eigenvalue weighted by atomic mass is 16.2. The number of pyridine rings is 1. The first kappa shape index (κ1) is 13.0. The highest BCUT2D eigenvalue weighted by Gasteiger charge is 2.18. The molecule has 1 aliphatic heterocycles. The number of nitrogens with one attached hydrogen (secondary N) is 2. The van der Waals surface area contributed by atoms with Crippen molar-refractivity contribution in [3.05, 3.63) is 24.0 Å². The number of hydrogen-bond acceptors (Lipinski definition) is 3. The third-order valence-electron chi connectivity index (χ3n) is 3.27. The zero-order valence-corrected chi connectivity index (χ0v) is 10.9. The SMILES string of the molecule is Cc1cncc(NC(=O)C2CCCCCCN2)c1. The van der Waals surface area contributed by atoms with Crippen molar-refractivity contribution in [2.75, 3.05) is 11.9 Å². The molecule has 1 amide bonds. The Bertz CT molecular complexity index is 398. The van der Waals surface area contributed by atoms with Crippen LogP contribution >= 0.6 is 0 Å². The van der Waals surface area contributed by atoms with Crippen LogP contribution in [0.15, 0.2) is 18.5 Å². The van der Waals surface area contributed by atoms with Crippen LogP contribution in [0, 0.1) is 6.92 Å². The maximum atomic E-state index is 12.1. The summed E-state index contributed by atoms with van der Waals surface area (Å²) in [6.07, 6.45) is 9.18. The third kappa shape index (κ3) is 3.81. The molecule has 0 aliphatic carbocycles. The Morgan fingerprint density at radius 3 is 3.00 bits per heavy atom. The molecule has 1 fully saturated rings. The molecule has 1 aromatic heterocycles. The Labute approximate surface area is 108 Å². The quantitative estimate of drug-likeness (QED) is 0.842. The topological polar surface area (TPSA) is 54.0 Å². The van der Waals surface area contributed by atoms with Crippen molar-refractivity contribution >= 4 is 11.6 Å². The highest BCUT2D eigenvalue weighted by Crippen LogP contribution is 2.12. The minimum atomic E-state index is -0.0641. The van der Waals surface area contributed by atoms with Gasteiger partial charge < -0.3 is 10.6 Å². The van der Waals surface area contributed by atoms with E-state index in [-0.39, 0.29) is 11.9 Å². The van der Waals surface area contributed by atoms with Gasteiger partial charge in [-0.15, -0.1) is 0 Å². The summed E-state index contributed by atoms with van der Waals surface area (Å²) < 4.78 is 0. The number of carbonyl (C=O) groups is 1. The number of anilines is 1. The molecule has 2 N–H and O–H groups in total. The summed E-state index contributed by atoms with van der Waals surface area (Å²) in [6, 6.07) is 1.87. The van der Waals surface area contributed by atoms with E-state index in [0.29, 0.717) is 0 Å². The summed E-state index contributed by atoms with van der Waals surface area (Å²) >= 11 is 0. The van der Waals surface area contributed by atoms with Gasteiger partial charge >= 0.3 is 0 Å². The number of aromatic nitrogens is 1. The molecule has 0 spiro atoms. The van der Waals surface area contributed by atoms with Gasteiger partial charge in [0.2, 0.25) is 5.91 Å². The Kier molecular flexibility index (Phi) is 4.70. The van der Waals surface area contributed by atoms with E-state index in [9.17, 15) is 4.79 Å². The summed E-state index contributed by atoms with van der Waals surface area (Å²) in [4.78, 5) is 16.2. The van der Waals surface area contributed by atoms with Crippen LogP contribution < -0.4 is 10.6 Å². The van der Waals surface area contributed by atoms with Gasteiger partial charge in [-0.05, 0) is 37.9 Å². The fourth-order valence-electron chi connectivity index (χ4n) is 2.28. The highest BCUT2D eigenvalue weighted by molar-refractivity contribution is 5.94. The minimum absolute atomic E-state index is 0.0595. The van der Waals surface area contributed by atoms with E-state index < -0.39 is 0 Å². The van der Waals surface area contributed by atoms with E-state index >= 15 is 0 Å². The molecule has 1 unspecified atom stereocenters. The fraction of sp³-hybridized carbons (Fsp3) is 0.571. The average Bonchev–Trinajstić information content (AvgIpc) is 2.28. The van der Waals surface area contributed by atoms with Crippen LogP contribution in [0.25, 0.3) is 0 Å². The molecule has 1 saturated heterocycles. The molecular weight excluding hydrogens is 226 g/mol. The third-order valence-corrected chi connectivity index (χ3v) is 3.27. The average molecular weight is 247 g/mol. The van der Waals surface area contributed by atoms with Gasteiger partial charge in [0.15, 0.2) is 0 Å². The van der Waals surface area contributed by atoms with Crippen LogP contribution in [0.3, 0.4) is 0 Å². The monoisotopic (exact) mass is 247 g/mol. The Hall–Kier alpha value is -1.42. The van der Waals surface area contributed by atoms with Gasteiger partial charge in [-0.2, -0.15) is 0 Å². The van der Waals surface area contributed by atoms with Gasteiger partial charge in [0.05, 0.1) is 17.9 Å². The second kappa shape index (κ2) is 6.50.